The molecule has 0 unspecified atom stereocenters. The molecule has 3 fully saturated rings. The van der Waals surface area contributed by atoms with Gasteiger partial charge in [-0.2, -0.15) is 0 Å². The molecule has 3 aliphatic heterocycles. The third-order valence-corrected chi connectivity index (χ3v) is 5.55. The van der Waals surface area contributed by atoms with E-state index in [0.717, 1.165) is 41.1 Å². The van der Waals surface area contributed by atoms with Crippen LogP contribution in [0.3, 0.4) is 0 Å². The zero-order valence-corrected chi connectivity index (χ0v) is 14.9. The first-order chi connectivity index (χ1) is 12.8. The van der Waals surface area contributed by atoms with E-state index in [1.165, 1.54) is 25.9 Å². The molecule has 6 nitrogen and oxygen atoms in total. The van der Waals surface area contributed by atoms with E-state index >= 15 is 0 Å². The van der Waals surface area contributed by atoms with Gasteiger partial charge in [-0.15, -0.1) is 0 Å². The Morgan fingerprint density at radius 1 is 1.15 bits per heavy atom. The van der Waals surface area contributed by atoms with Crippen LogP contribution in [0.2, 0.25) is 0 Å². The third-order valence-electron chi connectivity index (χ3n) is 5.55. The van der Waals surface area contributed by atoms with Crippen LogP contribution in [-0.4, -0.2) is 45.6 Å². The Bertz CT molecular complexity index is 913. The molecule has 0 saturated carbocycles. The van der Waals surface area contributed by atoms with Crippen LogP contribution in [0.1, 0.15) is 25.7 Å². The van der Waals surface area contributed by atoms with Crippen molar-refractivity contribution in [2.24, 2.45) is 5.92 Å². The van der Waals surface area contributed by atoms with Crippen molar-refractivity contribution >= 4 is 11.1 Å². The van der Waals surface area contributed by atoms with Crippen molar-refractivity contribution < 1.29 is 9.15 Å². The van der Waals surface area contributed by atoms with Crippen LogP contribution in [-0.2, 0) is 6.42 Å². The molecular formula is C20H22N4O2. The second-order valence-electron chi connectivity index (χ2n) is 7.19. The number of fused-ring (bicyclic) bond motifs is 4. The molecule has 6 rings (SSSR count). The molecular weight excluding hydrogens is 328 g/mol. The van der Waals surface area contributed by atoms with Crippen LogP contribution < -0.4 is 4.74 Å². The molecule has 0 amide bonds. The fourth-order valence-electron chi connectivity index (χ4n) is 4.01. The van der Waals surface area contributed by atoms with E-state index in [2.05, 4.69) is 19.9 Å². The lowest BCUT2D eigenvalue weighted by Gasteiger charge is -2.43. The predicted molar refractivity (Wildman–Crippen MR) is 98.0 cm³/mol. The van der Waals surface area contributed by atoms with Crippen molar-refractivity contribution in [1.29, 1.82) is 0 Å². The van der Waals surface area contributed by atoms with E-state index in [1.807, 2.05) is 37.5 Å². The van der Waals surface area contributed by atoms with Crippen molar-refractivity contribution in [2.75, 3.05) is 19.6 Å². The SMILES string of the molecule is CCc1nc2cc(-c3cnc(O[C@H]4CN5CCC4CC5)nc3)ccc2o1. The van der Waals surface area contributed by atoms with Crippen LogP contribution in [0, 0.1) is 5.92 Å². The second kappa shape index (κ2) is 6.36. The zero-order valence-electron chi connectivity index (χ0n) is 14.9. The third kappa shape index (κ3) is 2.84. The van der Waals surface area contributed by atoms with Crippen molar-refractivity contribution in [3.8, 4) is 17.1 Å². The van der Waals surface area contributed by atoms with Crippen molar-refractivity contribution in [3.63, 3.8) is 0 Å². The van der Waals surface area contributed by atoms with E-state index in [-0.39, 0.29) is 6.10 Å². The normalized spacial score (nSPS) is 24.9. The molecule has 3 saturated heterocycles. The molecule has 5 heterocycles. The number of piperidine rings is 3. The lowest BCUT2D eigenvalue weighted by Crippen LogP contribution is -2.52. The van der Waals surface area contributed by atoms with Crippen LogP contribution in [0.25, 0.3) is 22.2 Å². The lowest BCUT2D eigenvalue weighted by atomic mass is 9.86. The molecule has 0 spiro atoms. The zero-order chi connectivity index (χ0) is 17.5. The van der Waals surface area contributed by atoms with E-state index in [0.29, 0.717) is 11.9 Å². The Morgan fingerprint density at radius 3 is 2.65 bits per heavy atom. The fraction of sp³-hybridized carbons (Fsp3) is 0.450. The highest BCUT2D eigenvalue weighted by molar-refractivity contribution is 5.80. The van der Waals surface area contributed by atoms with Gasteiger partial charge >= 0.3 is 6.01 Å². The van der Waals surface area contributed by atoms with Gasteiger partial charge < -0.3 is 9.15 Å². The summed E-state index contributed by atoms with van der Waals surface area (Å²) in [5.74, 6) is 1.40. The minimum Gasteiger partial charge on any atom is -0.458 e. The van der Waals surface area contributed by atoms with Gasteiger partial charge in [-0.1, -0.05) is 13.0 Å². The summed E-state index contributed by atoms with van der Waals surface area (Å²) in [6.07, 6.45) is 7.11. The first-order valence-electron chi connectivity index (χ1n) is 9.39. The Hall–Kier alpha value is -2.47. The average molecular weight is 350 g/mol. The van der Waals surface area contributed by atoms with Gasteiger partial charge in [0, 0.05) is 30.9 Å². The quantitative estimate of drug-likeness (QED) is 0.719. The first kappa shape index (κ1) is 15.8. The van der Waals surface area contributed by atoms with E-state index < -0.39 is 0 Å². The number of aromatic nitrogens is 3. The number of hydrogen-bond acceptors (Lipinski definition) is 6. The maximum atomic E-state index is 6.08. The molecule has 0 aliphatic carbocycles. The molecule has 2 bridgehead atoms. The van der Waals surface area contributed by atoms with Gasteiger partial charge in [0.25, 0.3) is 0 Å². The fourth-order valence-corrected chi connectivity index (χ4v) is 4.01. The van der Waals surface area contributed by atoms with E-state index in [9.17, 15) is 0 Å². The summed E-state index contributed by atoms with van der Waals surface area (Å²) < 4.78 is 11.7. The molecule has 2 aromatic heterocycles. The standard InChI is InChI=1S/C20H22N4O2/c1-2-19-23-16-9-14(3-4-17(16)25-19)15-10-21-20(22-11-15)26-18-12-24-7-5-13(18)6-8-24/h3-4,9-11,13,18H,2,5-8,12H2,1H3/t18-/m0/s1. The number of ether oxygens (including phenoxy) is 1. The summed E-state index contributed by atoms with van der Waals surface area (Å²) in [6, 6.07) is 6.46. The Labute approximate surface area is 152 Å². The molecule has 1 aromatic carbocycles. The summed E-state index contributed by atoms with van der Waals surface area (Å²) in [7, 11) is 0. The lowest BCUT2D eigenvalue weighted by molar-refractivity contribution is -0.0123. The van der Waals surface area contributed by atoms with Crippen molar-refractivity contribution in [2.45, 2.75) is 32.3 Å². The molecule has 0 N–H and O–H groups in total. The Kier molecular flexibility index (Phi) is 3.85. The highest BCUT2D eigenvalue weighted by atomic mass is 16.5. The van der Waals surface area contributed by atoms with Gasteiger partial charge in [0.2, 0.25) is 0 Å². The summed E-state index contributed by atoms with van der Waals surface area (Å²) in [5, 5.41) is 0. The first-order valence-corrected chi connectivity index (χ1v) is 9.39. The van der Waals surface area contributed by atoms with Gasteiger partial charge in [0.15, 0.2) is 11.5 Å². The van der Waals surface area contributed by atoms with Crippen LogP contribution >= 0.6 is 0 Å². The highest BCUT2D eigenvalue weighted by Gasteiger charge is 2.35. The summed E-state index contributed by atoms with van der Waals surface area (Å²) in [4.78, 5) is 15.8. The predicted octanol–water partition coefficient (Wildman–Crippen LogP) is 3.32. The van der Waals surface area contributed by atoms with Crippen LogP contribution in [0.15, 0.2) is 35.0 Å². The van der Waals surface area contributed by atoms with Crippen molar-refractivity contribution in [3.05, 3.63) is 36.5 Å². The maximum Gasteiger partial charge on any atom is 0.316 e. The molecule has 1 atom stereocenters. The summed E-state index contributed by atoms with van der Waals surface area (Å²) >= 11 is 0. The highest BCUT2D eigenvalue weighted by Crippen LogP contribution is 2.30. The molecule has 6 heteroatoms. The van der Waals surface area contributed by atoms with Gasteiger partial charge in [-0.3, -0.25) is 4.90 Å². The monoisotopic (exact) mass is 350 g/mol. The minimum atomic E-state index is 0.224. The largest absolute Gasteiger partial charge is 0.458 e. The van der Waals surface area contributed by atoms with Crippen LogP contribution in [0.4, 0.5) is 0 Å². The van der Waals surface area contributed by atoms with Gasteiger partial charge in [0.1, 0.15) is 11.6 Å². The number of rotatable bonds is 4. The number of oxazole rings is 1. The second-order valence-corrected chi connectivity index (χ2v) is 7.19. The van der Waals surface area contributed by atoms with Crippen LogP contribution in [0.5, 0.6) is 6.01 Å². The Balaban J connectivity index is 1.34. The molecule has 0 radical (unpaired) electrons. The maximum absolute atomic E-state index is 6.08. The van der Waals surface area contributed by atoms with Gasteiger partial charge in [-0.25, -0.2) is 15.0 Å². The summed E-state index contributed by atoms with van der Waals surface area (Å²) in [6.45, 7) is 5.44. The van der Waals surface area contributed by atoms with Gasteiger partial charge in [-0.05, 0) is 49.5 Å². The smallest absolute Gasteiger partial charge is 0.316 e. The molecule has 26 heavy (non-hydrogen) atoms. The number of benzene rings is 1. The average Bonchev–Trinajstić information content (AvgIpc) is 3.12. The van der Waals surface area contributed by atoms with Gasteiger partial charge in [0.05, 0.1) is 0 Å². The Morgan fingerprint density at radius 2 is 1.96 bits per heavy atom. The topological polar surface area (TPSA) is 64.3 Å². The molecule has 3 aliphatic rings. The molecule has 3 aromatic rings. The number of hydrogen-bond donors (Lipinski definition) is 0. The van der Waals surface area contributed by atoms with E-state index in [4.69, 9.17) is 9.15 Å². The number of nitrogens with zero attached hydrogens (tertiary/aromatic N) is 4. The minimum absolute atomic E-state index is 0.224. The van der Waals surface area contributed by atoms with Crippen molar-refractivity contribution in [1.82, 2.24) is 19.9 Å². The number of aryl methyl sites for hydroxylation is 1. The van der Waals surface area contributed by atoms with E-state index in [1.54, 1.807) is 0 Å². The molecule has 134 valence electrons. The summed E-state index contributed by atoms with van der Waals surface area (Å²) in [5.41, 5.74) is 3.66.